The number of phenols is 1. The molecule has 1 fully saturated rings. The molecule has 2 amide bonds. The van der Waals surface area contributed by atoms with Gasteiger partial charge < -0.3 is 20.1 Å². The van der Waals surface area contributed by atoms with Crippen LogP contribution in [0.25, 0.3) is 0 Å². The molecule has 0 bridgehead atoms. The fourth-order valence-corrected chi connectivity index (χ4v) is 2.01. The van der Waals surface area contributed by atoms with E-state index in [0.29, 0.717) is 31.9 Å². The molecule has 0 saturated carbocycles. The van der Waals surface area contributed by atoms with E-state index in [1.54, 1.807) is 11.8 Å². The molecule has 0 aliphatic carbocycles. The van der Waals surface area contributed by atoms with Gasteiger partial charge in [-0.25, -0.2) is 0 Å². The first-order chi connectivity index (χ1) is 9.58. The van der Waals surface area contributed by atoms with Crippen LogP contribution in [0.3, 0.4) is 0 Å². The third-order valence-corrected chi connectivity index (χ3v) is 3.17. The fourth-order valence-electron chi connectivity index (χ4n) is 2.01. The quantitative estimate of drug-likeness (QED) is 0.837. The minimum absolute atomic E-state index is 0.0963. The van der Waals surface area contributed by atoms with E-state index >= 15 is 0 Å². The zero-order valence-corrected chi connectivity index (χ0v) is 11.3. The van der Waals surface area contributed by atoms with Crippen molar-refractivity contribution in [3.63, 3.8) is 0 Å². The van der Waals surface area contributed by atoms with Crippen LogP contribution in [0.2, 0.25) is 0 Å². The van der Waals surface area contributed by atoms with Gasteiger partial charge in [0, 0.05) is 18.7 Å². The molecule has 108 valence electrons. The number of amides is 2. The maximum Gasteiger partial charge on any atom is 0.251 e. The van der Waals surface area contributed by atoms with Crippen molar-refractivity contribution in [2.45, 2.75) is 13.0 Å². The van der Waals surface area contributed by atoms with E-state index in [0.717, 1.165) is 0 Å². The Morgan fingerprint density at radius 3 is 2.45 bits per heavy atom. The van der Waals surface area contributed by atoms with E-state index in [1.807, 2.05) is 0 Å². The summed E-state index contributed by atoms with van der Waals surface area (Å²) < 4.78 is 5.19. The van der Waals surface area contributed by atoms with Crippen molar-refractivity contribution in [2.24, 2.45) is 0 Å². The zero-order valence-electron chi connectivity index (χ0n) is 11.3. The van der Waals surface area contributed by atoms with Gasteiger partial charge >= 0.3 is 0 Å². The average molecular weight is 278 g/mol. The van der Waals surface area contributed by atoms with Crippen molar-refractivity contribution in [3.05, 3.63) is 29.8 Å². The van der Waals surface area contributed by atoms with E-state index < -0.39 is 6.04 Å². The third-order valence-electron chi connectivity index (χ3n) is 3.17. The van der Waals surface area contributed by atoms with E-state index in [2.05, 4.69) is 5.32 Å². The Kier molecular flexibility index (Phi) is 4.57. The predicted molar refractivity (Wildman–Crippen MR) is 72.4 cm³/mol. The van der Waals surface area contributed by atoms with Crippen LogP contribution in [-0.4, -0.2) is 54.2 Å². The van der Waals surface area contributed by atoms with E-state index in [9.17, 15) is 14.7 Å². The molecule has 1 heterocycles. The minimum Gasteiger partial charge on any atom is -0.508 e. The van der Waals surface area contributed by atoms with Crippen molar-refractivity contribution in [2.75, 3.05) is 26.3 Å². The lowest BCUT2D eigenvalue weighted by atomic mass is 10.2. The van der Waals surface area contributed by atoms with Crippen molar-refractivity contribution >= 4 is 11.8 Å². The van der Waals surface area contributed by atoms with Crippen molar-refractivity contribution < 1.29 is 19.4 Å². The molecule has 2 rings (SSSR count). The number of benzene rings is 1. The third kappa shape index (κ3) is 3.48. The number of carbonyl (C=O) groups is 2. The van der Waals surface area contributed by atoms with Crippen LogP contribution >= 0.6 is 0 Å². The number of nitrogens with zero attached hydrogens (tertiary/aromatic N) is 1. The smallest absolute Gasteiger partial charge is 0.251 e. The Bertz CT molecular complexity index is 480. The summed E-state index contributed by atoms with van der Waals surface area (Å²) in [5.74, 6) is -0.349. The van der Waals surface area contributed by atoms with Gasteiger partial charge in [-0.05, 0) is 31.2 Å². The van der Waals surface area contributed by atoms with Crippen molar-refractivity contribution in [1.82, 2.24) is 10.2 Å². The van der Waals surface area contributed by atoms with Crippen LogP contribution in [0, 0.1) is 0 Å². The van der Waals surface area contributed by atoms with Gasteiger partial charge in [-0.1, -0.05) is 0 Å². The first-order valence-corrected chi connectivity index (χ1v) is 6.54. The molecular formula is C14H18N2O4. The summed E-state index contributed by atoms with van der Waals surface area (Å²) >= 11 is 0. The summed E-state index contributed by atoms with van der Waals surface area (Å²) in [6, 6.07) is 5.30. The standard InChI is InChI=1S/C14H18N2O4/c1-10(14(19)16-6-8-20-9-7-16)15-13(18)11-2-4-12(17)5-3-11/h2-5,10,17H,6-9H2,1H3,(H,15,18). The molecule has 0 spiro atoms. The number of aromatic hydroxyl groups is 1. The summed E-state index contributed by atoms with van der Waals surface area (Å²) in [7, 11) is 0. The summed E-state index contributed by atoms with van der Waals surface area (Å²) in [6.45, 7) is 3.83. The van der Waals surface area contributed by atoms with Crippen LogP contribution in [0.1, 0.15) is 17.3 Å². The van der Waals surface area contributed by atoms with Gasteiger partial charge in [-0.3, -0.25) is 9.59 Å². The molecule has 6 heteroatoms. The number of ether oxygens (including phenoxy) is 1. The van der Waals surface area contributed by atoms with E-state index in [-0.39, 0.29) is 17.6 Å². The Balaban J connectivity index is 1.92. The lowest BCUT2D eigenvalue weighted by Gasteiger charge is -2.29. The molecule has 1 aliphatic rings. The number of phenolic OH excluding ortho intramolecular Hbond substituents is 1. The second kappa shape index (κ2) is 6.38. The normalized spacial score (nSPS) is 16.6. The Hall–Kier alpha value is -2.08. The lowest BCUT2D eigenvalue weighted by molar-refractivity contribution is -0.136. The van der Waals surface area contributed by atoms with Crippen LogP contribution in [0.15, 0.2) is 24.3 Å². The topological polar surface area (TPSA) is 78.9 Å². The fraction of sp³-hybridized carbons (Fsp3) is 0.429. The number of rotatable bonds is 3. The van der Waals surface area contributed by atoms with Gasteiger partial charge in [-0.15, -0.1) is 0 Å². The molecule has 1 aromatic carbocycles. The predicted octanol–water partition coefficient (Wildman–Crippen LogP) is 0.369. The van der Waals surface area contributed by atoms with Gasteiger partial charge in [0.05, 0.1) is 13.2 Å². The number of carbonyl (C=O) groups excluding carboxylic acids is 2. The van der Waals surface area contributed by atoms with Crippen LogP contribution < -0.4 is 5.32 Å². The maximum atomic E-state index is 12.1. The number of nitrogens with one attached hydrogen (secondary N) is 1. The first-order valence-electron chi connectivity index (χ1n) is 6.54. The molecule has 0 radical (unpaired) electrons. The molecule has 1 unspecified atom stereocenters. The Morgan fingerprint density at radius 2 is 1.85 bits per heavy atom. The molecule has 1 saturated heterocycles. The second-order valence-electron chi connectivity index (χ2n) is 4.68. The van der Waals surface area contributed by atoms with Crippen LogP contribution in [0.5, 0.6) is 5.75 Å². The van der Waals surface area contributed by atoms with Gasteiger partial charge in [0.2, 0.25) is 5.91 Å². The van der Waals surface area contributed by atoms with Crippen molar-refractivity contribution in [3.8, 4) is 5.75 Å². The van der Waals surface area contributed by atoms with Crippen molar-refractivity contribution in [1.29, 1.82) is 0 Å². The average Bonchev–Trinajstić information content (AvgIpc) is 2.48. The summed E-state index contributed by atoms with van der Waals surface area (Å²) in [4.78, 5) is 25.8. The minimum atomic E-state index is -0.589. The van der Waals surface area contributed by atoms with Crippen LogP contribution in [-0.2, 0) is 9.53 Å². The molecule has 1 aliphatic heterocycles. The summed E-state index contributed by atoms with van der Waals surface area (Å²) in [6.07, 6.45) is 0. The Morgan fingerprint density at radius 1 is 1.25 bits per heavy atom. The molecule has 1 atom stereocenters. The van der Waals surface area contributed by atoms with E-state index in [1.165, 1.54) is 24.3 Å². The highest BCUT2D eigenvalue weighted by Gasteiger charge is 2.23. The molecule has 6 nitrogen and oxygen atoms in total. The highest BCUT2D eigenvalue weighted by Crippen LogP contribution is 2.10. The number of hydrogen-bond acceptors (Lipinski definition) is 4. The second-order valence-corrected chi connectivity index (χ2v) is 4.68. The molecular weight excluding hydrogens is 260 g/mol. The maximum absolute atomic E-state index is 12.1. The van der Waals surface area contributed by atoms with Crippen LogP contribution in [0.4, 0.5) is 0 Å². The van der Waals surface area contributed by atoms with Gasteiger partial charge in [0.15, 0.2) is 0 Å². The highest BCUT2D eigenvalue weighted by molar-refractivity contribution is 5.97. The summed E-state index contributed by atoms with van der Waals surface area (Å²) in [5.41, 5.74) is 0.407. The number of morpholine rings is 1. The SMILES string of the molecule is CC(NC(=O)c1ccc(O)cc1)C(=O)N1CCOCC1. The highest BCUT2D eigenvalue weighted by atomic mass is 16.5. The first kappa shape index (κ1) is 14.3. The lowest BCUT2D eigenvalue weighted by Crippen LogP contribution is -2.50. The Labute approximate surface area is 117 Å². The summed E-state index contributed by atoms with van der Waals surface area (Å²) in [5, 5.41) is 11.8. The molecule has 20 heavy (non-hydrogen) atoms. The molecule has 0 aromatic heterocycles. The van der Waals surface area contributed by atoms with Gasteiger partial charge in [-0.2, -0.15) is 0 Å². The zero-order chi connectivity index (χ0) is 14.5. The van der Waals surface area contributed by atoms with Gasteiger partial charge in [0.1, 0.15) is 11.8 Å². The number of hydrogen-bond donors (Lipinski definition) is 2. The molecule has 1 aromatic rings. The molecule has 2 N–H and O–H groups in total. The van der Waals surface area contributed by atoms with E-state index in [4.69, 9.17) is 4.74 Å². The van der Waals surface area contributed by atoms with Gasteiger partial charge in [0.25, 0.3) is 5.91 Å². The largest absolute Gasteiger partial charge is 0.508 e. The monoisotopic (exact) mass is 278 g/mol.